The number of hydrogen-bond acceptors (Lipinski definition) is 1. The van der Waals surface area contributed by atoms with Crippen molar-refractivity contribution in [2.45, 2.75) is 0 Å². The number of fused-ring (bicyclic) bond motifs is 5. The fourth-order valence-corrected chi connectivity index (χ4v) is 6.72. The molecule has 10 rings (SSSR count). The molecule has 0 spiro atoms. The molecule has 1 nitrogen and oxygen atoms in total. The van der Waals surface area contributed by atoms with Crippen LogP contribution in [0.5, 0.6) is 0 Å². The average molecular weight is 668 g/mol. The quantitative estimate of drug-likeness (QED) is 0.167. The highest BCUT2D eigenvalue weighted by Crippen LogP contribution is 2.48. The summed E-state index contributed by atoms with van der Waals surface area (Å²) in [4.78, 5) is 0. The molecule has 1 heteroatoms. The molecule has 238 valence electrons. The number of hydrogen-bond donors (Lipinski definition) is 0. The maximum absolute atomic E-state index is 10.0. The normalized spacial score (nSPS) is 16.7. The first kappa shape index (κ1) is 15.9. The number of benzene rings is 9. The standard InChI is InChI=1S/C50H32O/c1-4-15-33(16-5-1)36-27-30-43-47(32-36)51-46-26-14-25-44(50(43)46)49-41-23-12-10-21-39(41)48(40-22-11-13-24-42(40)49)37-28-29-38(34-17-6-2-7-18-34)45(31-37)35-19-8-3-9-20-35/h1-32H/i1D,3D,4D,5D,8D,9D,14D,15D,16D,19D,20D,25D,26D,27D,28D,29D,30D,31D,32D. The third kappa shape index (κ3) is 4.86. The second-order valence-electron chi connectivity index (χ2n) is 11.7. The molecule has 0 radical (unpaired) electrons. The molecule has 0 saturated carbocycles. The molecule has 1 heterocycles. The monoisotopic (exact) mass is 667 g/mol. The second kappa shape index (κ2) is 12.0. The topological polar surface area (TPSA) is 13.1 Å². The van der Waals surface area contributed by atoms with Crippen LogP contribution in [-0.4, -0.2) is 0 Å². The van der Waals surface area contributed by atoms with Crippen LogP contribution < -0.4 is 0 Å². The molecular formula is C50H32O. The molecule has 0 aliphatic carbocycles. The van der Waals surface area contributed by atoms with Crippen molar-refractivity contribution in [2.24, 2.45) is 0 Å². The Hall–Kier alpha value is -6.70. The van der Waals surface area contributed by atoms with Gasteiger partial charge < -0.3 is 4.42 Å². The van der Waals surface area contributed by atoms with Gasteiger partial charge in [-0.05, 0) is 101 Å². The Bertz CT molecular complexity index is 3880. The summed E-state index contributed by atoms with van der Waals surface area (Å²) >= 11 is 0. The van der Waals surface area contributed by atoms with Crippen LogP contribution in [0.3, 0.4) is 0 Å². The largest absolute Gasteiger partial charge is 0.456 e. The van der Waals surface area contributed by atoms with E-state index in [-0.39, 0.29) is 55.3 Å². The van der Waals surface area contributed by atoms with Crippen molar-refractivity contribution >= 4 is 43.5 Å². The molecule has 9 aromatic carbocycles. The molecule has 0 atom stereocenters. The van der Waals surface area contributed by atoms with Crippen molar-refractivity contribution in [3.8, 4) is 55.6 Å². The molecule has 10 aromatic rings. The molecule has 0 amide bonds. The second-order valence-corrected chi connectivity index (χ2v) is 11.7. The van der Waals surface area contributed by atoms with Gasteiger partial charge in [0.1, 0.15) is 11.2 Å². The lowest BCUT2D eigenvalue weighted by atomic mass is 9.83. The molecule has 0 saturated heterocycles. The Morgan fingerprint density at radius 1 is 0.333 bits per heavy atom. The zero-order valence-electron chi connectivity index (χ0n) is 45.4. The lowest BCUT2D eigenvalue weighted by molar-refractivity contribution is 0.669. The summed E-state index contributed by atoms with van der Waals surface area (Å²) in [7, 11) is 0. The summed E-state index contributed by atoms with van der Waals surface area (Å²) in [6.45, 7) is 0. The highest BCUT2D eigenvalue weighted by Gasteiger charge is 2.21. The third-order valence-corrected chi connectivity index (χ3v) is 8.88. The molecule has 0 aliphatic heterocycles. The summed E-state index contributed by atoms with van der Waals surface area (Å²) in [5, 5.41) is 1.08. The smallest absolute Gasteiger partial charge is 0.136 e. The maximum atomic E-state index is 10.0. The predicted octanol–water partition coefficient (Wildman–Crippen LogP) is 14.2. The van der Waals surface area contributed by atoms with Crippen LogP contribution in [0.1, 0.15) is 26.0 Å². The van der Waals surface area contributed by atoms with Crippen molar-refractivity contribution < 1.29 is 30.5 Å². The predicted molar refractivity (Wildman–Crippen MR) is 216 cm³/mol. The molecule has 1 aromatic heterocycles. The van der Waals surface area contributed by atoms with E-state index in [1.807, 2.05) is 0 Å². The zero-order valence-corrected chi connectivity index (χ0v) is 26.4. The zero-order chi connectivity index (χ0) is 50.3. The van der Waals surface area contributed by atoms with Crippen molar-refractivity contribution in [2.75, 3.05) is 0 Å². The minimum absolute atomic E-state index is 0.00176. The van der Waals surface area contributed by atoms with Gasteiger partial charge in [0, 0.05) is 10.8 Å². The van der Waals surface area contributed by atoms with E-state index in [4.69, 9.17) is 20.9 Å². The van der Waals surface area contributed by atoms with E-state index in [0.29, 0.717) is 27.1 Å². The van der Waals surface area contributed by atoms with Crippen LogP contribution in [0.25, 0.3) is 99.1 Å². The summed E-state index contributed by atoms with van der Waals surface area (Å²) in [6, 6.07) is 10.1. The van der Waals surface area contributed by atoms with E-state index in [0.717, 1.165) is 0 Å². The van der Waals surface area contributed by atoms with Crippen LogP contribution in [0.4, 0.5) is 0 Å². The SMILES string of the molecule is [2H]c1c([2H])c([2H])c(-c2c([2H])c(-c3c4ccccc4c(-c4c([2H])c([2H])c([2H])c5oc6c([2H])c(-c7c([2H])c([2H])c([2H])c([2H])c7[2H])c([2H])c([2H])c6c45)c4ccccc34)c([2H])c([2H])c2-c2ccccc2)c([2H])c1[2H]. The van der Waals surface area contributed by atoms with Crippen LogP contribution in [0, 0.1) is 0 Å². The average Bonchev–Trinajstić information content (AvgIpc) is 3.77. The maximum Gasteiger partial charge on any atom is 0.136 e. The van der Waals surface area contributed by atoms with Crippen molar-refractivity contribution in [1.82, 2.24) is 0 Å². The first-order chi connectivity index (χ1) is 33.2. The van der Waals surface area contributed by atoms with E-state index in [1.165, 1.54) is 0 Å². The lowest BCUT2D eigenvalue weighted by Crippen LogP contribution is -1.93. The van der Waals surface area contributed by atoms with Crippen molar-refractivity contribution in [3.05, 3.63) is 194 Å². The van der Waals surface area contributed by atoms with Gasteiger partial charge in [-0.15, -0.1) is 0 Å². The van der Waals surface area contributed by atoms with Crippen molar-refractivity contribution in [1.29, 1.82) is 0 Å². The summed E-state index contributed by atoms with van der Waals surface area (Å²) < 4.78 is 177. The van der Waals surface area contributed by atoms with E-state index < -0.39 is 132 Å². The van der Waals surface area contributed by atoms with Gasteiger partial charge in [0.25, 0.3) is 0 Å². The number of rotatable bonds is 5. The molecular weight excluding hydrogens is 617 g/mol. The van der Waals surface area contributed by atoms with Gasteiger partial charge in [-0.25, -0.2) is 0 Å². The van der Waals surface area contributed by atoms with E-state index >= 15 is 0 Å². The highest BCUT2D eigenvalue weighted by atomic mass is 16.3. The van der Waals surface area contributed by atoms with Crippen LogP contribution in [0.15, 0.2) is 198 Å². The van der Waals surface area contributed by atoms with Gasteiger partial charge in [-0.2, -0.15) is 0 Å². The van der Waals surface area contributed by atoms with E-state index in [2.05, 4.69) is 0 Å². The minimum Gasteiger partial charge on any atom is -0.456 e. The molecule has 0 N–H and O–H groups in total. The van der Waals surface area contributed by atoms with Gasteiger partial charge in [0.15, 0.2) is 0 Å². The van der Waals surface area contributed by atoms with Gasteiger partial charge >= 0.3 is 0 Å². The fourth-order valence-electron chi connectivity index (χ4n) is 6.72. The molecule has 0 bridgehead atoms. The number of furan rings is 1. The summed E-state index contributed by atoms with van der Waals surface area (Å²) in [5.41, 5.74) is -1.58. The fraction of sp³-hybridized carbons (Fsp3) is 0. The van der Waals surface area contributed by atoms with Crippen LogP contribution >= 0.6 is 0 Å². The highest BCUT2D eigenvalue weighted by molar-refractivity contribution is 6.25. The first-order valence-electron chi connectivity index (χ1n) is 25.5. The molecule has 0 aliphatic rings. The Kier molecular flexibility index (Phi) is 3.74. The van der Waals surface area contributed by atoms with Gasteiger partial charge in [-0.1, -0.05) is 169 Å². The Labute approximate surface area is 323 Å². The van der Waals surface area contributed by atoms with Gasteiger partial charge in [0.2, 0.25) is 0 Å². The molecule has 0 unspecified atom stereocenters. The van der Waals surface area contributed by atoms with Gasteiger partial charge in [0.05, 0.1) is 26.0 Å². The third-order valence-electron chi connectivity index (χ3n) is 8.88. The lowest BCUT2D eigenvalue weighted by Gasteiger charge is -2.19. The molecule has 0 fully saturated rings. The first-order valence-corrected chi connectivity index (χ1v) is 16.0. The van der Waals surface area contributed by atoms with E-state index in [9.17, 15) is 9.60 Å². The summed E-state index contributed by atoms with van der Waals surface area (Å²) in [5.74, 6) is 0. The van der Waals surface area contributed by atoms with Crippen LogP contribution in [0.2, 0.25) is 0 Å². The molecule has 51 heavy (non-hydrogen) atoms. The summed E-state index contributed by atoms with van der Waals surface area (Å²) in [6.07, 6.45) is 0. The Balaban J connectivity index is 1.37. The van der Waals surface area contributed by atoms with Crippen molar-refractivity contribution in [3.63, 3.8) is 0 Å². The Morgan fingerprint density at radius 2 is 0.941 bits per heavy atom. The van der Waals surface area contributed by atoms with Crippen LogP contribution in [-0.2, 0) is 0 Å². The van der Waals surface area contributed by atoms with Gasteiger partial charge in [-0.3, -0.25) is 0 Å². The Morgan fingerprint density at radius 3 is 1.63 bits per heavy atom. The minimum atomic E-state index is -0.729. The van der Waals surface area contributed by atoms with E-state index in [1.54, 1.807) is 78.9 Å².